The Balaban J connectivity index is 1.31. The predicted molar refractivity (Wildman–Crippen MR) is 123 cm³/mol. The monoisotopic (exact) mass is 489 g/mol. The lowest BCUT2D eigenvalue weighted by Crippen LogP contribution is -2.64. The first-order valence-corrected chi connectivity index (χ1v) is 11.2. The Labute approximate surface area is 204 Å². The van der Waals surface area contributed by atoms with Gasteiger partial charge >= 0.3 is 6.03 Å². The highest BCUT2D eigenvalue weighted by Gasteiger charge is 2.57. The van der Waals surface area contributed by atoms with Crippen molar-refractivity contribution in [1.82, 2.24) is 25.5 Å². The molecule has 2 N–H and O–H groups in total. The van der Waals surface area contributed by atoms with E-state index in [1.54, 1.807) is 30.6 Å². The van der Waals surface area contributed by atoms with Crippen LogP contribution in [0, 0.1) is 5.82 Å². The molecular weight excluding hydrogens is 469 g/mol. The summed E-state index contributed by atoms with van der Waals surface area (Å²) in [6.07, 6.45) is 2.72. The number of fused-ring (bicyclic) bond motifs is 2. The first-order valence-electron chi connectivity index (χ1n) is 11.2. The van der Waals surface area contributed by atoms with Crippen molar-refractivity contribution in [1.29, 1.82) is 0 Å². The second-order valence-corrected chi connectivity index (χ2v) is 8.84. The second kappa shape index (κ2) is 8.01. The molecule has 11 heteroatoms. The smallest absolute Gasteiger partial charge is 0.322 e. The average Bonchev–Trinajstić information content (AvgIpc) is 3.53. The van der Waals surface area contributed by atoms with Crippen LogP contribution >= 0.6 is 0 Å². The molecular formula is C25H20FN5O5. The molecule has 0 bridgehead atoms. The normalized spacial score (nSPS) is 22.1. The molecule has 0 saturated carbocycles. The van der Waals surface area contributed by atoms with Crippen LogP contribution in [-0.2, 0) is 17.8 Å². The number of carbonyl (C=O) groups excluding carboxylic acids is 3. The van der Waals surface area contributed by atoms with Crippen molar-refractivity contribution in [2.24, 2.45) is 0 Å². The zero-order chi connectivity index (χ0) is 25.0. The molecule has 3 aromatic rings. The van der Waals surface area contributed by atoms with E-state index >= 15 is 0 Å². The number of hydrogen-bond donors (Lipinski definition) is 2. The van der Waals surface area contributed by atoms with Gasteiger partial charge in [-0.25, -0.2) is 14.2 Å². The summed E-state index contributed by atoms with van der Waals surface area (Å²) < 4.78 is 25.9. The van der Waals surface area contributed by atoms with Gasteiger partial charge < -0.3 is 19.7 Å². The number of benzene rings is 1. The minimum atomic E-state index is -1.59. The van der Waals surface area contributed by atoms with Gasteiger partial charge in [-0.15, -0.1) is 0 Å². The third-order valence-electron chi connectivity index (χ3n) is 6.79. The quantitative estimate of drug-likeness (QED) is 0.524. The SMILES string of the molecule is COc1ccc2c(c1F)C(=O)N(C[C@@]1(C3Cc4nc(-c5ccncc5)ccc4O3)NC(=O)NC1=O)C2. The zero-order valence-electron chi connectivity index (χ0n) is 19.1. The van der Waals surface area contributed by atoms with E-state index in [9.17, 15) is 18.8 Å². The molecule has 2 aromatic heterocycles. The zero-order valence-corrected chi connectivity index (χ0v) is 19.1. The molecule has 3 aliphatic heterocycles. The Morgan fingerprint density at radius 3 is 2.69 bits per heavy atom. The molecule has 0 spiro atoms. The summed E-state index contributed by atoms with van der Waals surface area (Å²) in [7, 11) is 1.32. The maximum absolute atomic E-state index is 14.8. The molecule has 2 atom stereocenters. The number of aromatic nitrogens is 2. The van der Waals surface area contributed by atoms with E-state index in [0.29, 0.717) is 22.7 Å². The van der Waals surface area contributed by atoms with E-state index in [1.165, 1.54) is 18.1 Å². The van der Waals surface area contributed by atoms with E-state index < -0.39 is 35.3 Å². The summed E-state index contributed by atoms with van der Waals surface area (Å²) in [6, 6.07) is 9.60. The minimum Gasteiger partial charge on any atom is -0.494 e. The van der Waals surface area contributed by atoms with E-state index in [1.807, 2.05) is 12.1 Å². The fourth-order valence-corrected chi connectivity index (χ4v) is 5.00. The van der Waals surface area contributed by atoms with Gasteiger partial charge in [0.1, 0.15) is 11.9 Å². The number of rotatable bonds is 5. The van der Waals surface area contributed by atoms with Gasteiger partial charge in [-0.2, -0.15) is 0 Å². The van der Waals surface area contributed by atoms with E-state index in [2.05, 4.69) is 20.6 Å². The Morgan fingerprint density at radius 1 is 1.17 bits per heavy atom. The number of imide groups is 1. The number of ether oxygens (including phenoxy) is 2. The number of halogens is 1. The number of pyridine rings is 2. The first-order chi connectivity index (χ1) is 17.4. The van der Waals surface area contributed by atoms with Gasteiger partial charge in [0, 0.05) is 30.9 Å². The van der Waals surface area contributed by atoms with Crippen LogP contribution in [0.1, 0.15) is 21.6 Å². The molecule has 36 heavy (non-hydrogen) atoms. The lowest BCUT2D eigenvalue weighted by Gasteiger charge is -2.34. The van der Waals surface area contributed by atoms with Gasteiger partial charge in [0.05, 0.1) is 30.6 Å². The maximum Gasteiger partial charge on any atom is 0.322 e. The number of urea groups is 1. The van der Waals surface area contributed by atoms with Crippen molar-refractivity contribution in [3.63, 3.8) is 0 Å². The molecule has 4 amide bonds. The molecule has 5 heterocycles. The lowest BCUT2D eigenvalue weighted by atomic mass is 9.89. The van der Waals surface area contributed by atoms with Crippen LogP contribution in [0.3, 0.4) is 0 Å². The molecule has 1 aromatic carbocycles. The van der Waals surface area contributed by atoms with Crippen LogP contribution in [0.2, 0.25) is 0 Å². The van der Waals surface area contributed by atoms with Gasteiger partial charge in [-0.05, 0) is 35.9 Å². The molecule has 182 valence electrons. The van der Waals surface area contributed by atoms with Crippen LogP contribution in [0.4, 0.5) is 9.18 Å². The topological polar surface area (TPSA) is 123 Å². The summed E-state index contributed by atoms with van der Waals surface area (Å²) in [4.78, 5) is 48.6. The number of nitrogens with one attached hydrogen (secondary N) is 2. The highest BCUT2D eigenvalue weighted by Crippen LogP contribution is 2.37. The number of methoxy groups -OCH3 is 1. The van der Waals surface area contributed by atoms with Gasteiger partial charge in [-0.3, -0.25) is 19.9 Å². The maximum atomic E-state index is 14.8. The summed E-state index contributed by atoms with van der Waals surface area (Å²) in [5, 5.41) is 4.94. The standard InChI is InChI=1S/C25H20FN5O5/c1-35-18-4-2-14-11-31(22(32)20(14)21(18)26)12-25(23(33)29-24(34)30-25)19-10-16-17(36-19)5-3-15(28-16)13-6-8-27-9-7-13/h2-9,19H,10-12H2,1H3,(H2,29,30,33,34)/t19?,25-/m0/s1. The lowest BCUT2D eigenvalue weighted by molar-refractivity contribution is -0.127. The molecule has 6 rings (SSSR count). The Morgan fingerprint density at radius 2 is 1.97 bits per heavy atom. The molecule has 1 saturated heterocycles. The predicted octanol–water partition coefficient (Wildman–Crippen LogP) is 1.83. The fraction of sp³-hybridized carbons (Fsp3) is 0.240. The van der Waals surface area contributed by atoms with Crippen LogP contribution in [0.25, 0.3) is 11.3 Å². The van der Waals surface area contributed by atoms with Crippen molar-refractivity contribution in [2.75, 3.05) is 13.7 Å². The third-order valence-corrected chi connectivity index (χ3v) is 6.79. The molecule has 3 aliphatic rings. The molecule has 1 fully saturated rings. The van der Waals surface area contributed by atoms with Gasteiger partial charge in [0.2, 0.25) is 0 Å². The van der Waals surface area contributed by atoms with Crippen LogP contribution in [0.15, 0.2) is 48.8 Å². The fourth-order valence-electron chi connectivity index (χ4n) is 5.00. The van der Waals surface area contributed by atoms with Gasteiger partial charge in [-0.1, -0.05) is 6.07 Å². The average molecular weight is 489 g/mol. The number of carbonyl (C=O) groups is 3. The molecule has 0 radical (unpaired) electrons. The summed E-state index contributed by atoms with van der Waals surface area (Å²) >= 11 is 0. The Hall–Kier alpha value is -4.54. The van der Waals surface area contributed by atoms with Crippen molar-refractivity contribution in [3.05, 3.63) is 71.4 Å². The summed E-state index contributed by atoms with van der Waals surface area (Å²) in [5.74, 6) is -1.53. The van der Waals surface area contributed by atoms with E-state index in [0.717, 1.165) is 5.56 Å². The summed E-state index contributed by atoms with van der Waals surface area (Å²) in [6.45, 7) is -0.139. The van der Waals surface area contributed by atoms with Crippen molar-refractivity contribution in [2.45, 2.75) is 24.6 Å². The molecule has 10 nitrogen and oxygen atoms in total. The third kappa shape index (κ3) is 3.27. The van der Waals surface area contributed by atoms with Crippen LogP contribution in [-0.4, -0.2) is 58.0 Å². The second-order valence-electron chi connectivity index (χ2n) is 8.84. The Bertz CT molecular complexity index is 1430. The van der Waals surface area contributed by atoms with Crippen LogP contribution in [0.5, 0.6) is 11.5 Å². The number of hydrogen-bond acceptors (Lipinski definition) is 7. The molecule has 1 unspecified atom stereocenters. The van der Waals surface area contributed by atoms with Crippen LogP contribution < -0.4 is 20.1 Å². The van der Waals surface area contributed by atoms with E-state index in [4.69, 9.17) is 9.47 Å². The minimum absolute atomic E-state index is 0.0452. The largest absolute Gasteiger partial charge is 0.494 e. The van der Waals surface area contributed by atoms with E-state index in [-0.39, 0.29) is 30.8 Å². The summed E-state index contributed by atoms with van der Waals surface area (Å²) in [5.41, 5.74) is 0.979. The van der Waals surface area contributed by atoms with Crippen molar-refractivity contribution < 1.29 is 28.2 Å². The Kier molecular flexibility index (Phi) is 4.88. The first kappa shape index (κ1) is 22.0. The number of nitrogens with zero attached hydrogens (tertiary/aromatic N) is 3. The highest BCUT2D eigenvalue weighted by atomic mass is 19.1. The van der Waals surface area contributed by atoms with Gasteiger partial charge in [0.15, 0.2) is 17.1 Å². The van der Waals surface area contributed by atoms with Crippen molar-refractivity contribution in [3.8, 4) is 22.8 Å². The molecule has 0 aliphatic carbocycles. The van der Waals surface area contributed by atoms with Gasteiger partial charge in [0.25, 0.3) is 11.8 Å². The number of amides is 4. The van der Waals surface area contributed by atoms with Crippen molar-refractivity contribution >= 4 is 17.8 Å². The highest BCUT2D eigenvalue weighted by molar-refractivity contribution is 6.08.